The molecule has 0 aliphatic carbocycles. The van der Waals surface area contributed by atoms with Crippen LogP contribution in [0.4, 0.5) is 4.79 Å². The molecule has 3 atom stereocenters. The lowest BCUT2D eigenvalue weighted by atomic mass is 9.88. The van der Waals surface area contributed by atoms with E-state index >= 15 is 0 Å². The number of hydrogen-bond donors (Lipinski definition) is 1. The van der Waals surface area contributed by atoms with E-state index in [0.717, 1.165) is 11.1 Å². The maximum Gasteiger partial charge on any atom is 0.415 e. The predicted octanol–water partition coefficient (Wildman–Crippen LogP) is 4.15. The van der Waals surface area contributed by atoms with E-state index in [4.69, 9.17) is 4.74 Å². The van der Waals surface area contributed by atoms with Gasteiger partial charge < -0.3 is 14.7 Å². The molecule has 0 saturated carbocycles. The normalized spacial score (nSPS) is 21.1. The van der Waals surface area contributed by atoms with Crippen LogP contribution in [0.15, 0.2) is 91.0 Å². The Bertz CT molecular complexity index is 1160. The quantitative estimate of drug-likeness (QED) is 0.606. The number of nitrogens with zero attached hydrogens (tertiary/aromatic N) is 2. The highest BCUT2D eigenvalue weighted by molar-refractivity contribution is 5.92. The van der Waals surface area contributed by atoms with Gasteiger partial charge in [0.25, 0.3) is 0 Å². The largest absolute Gasteiger partial charge is 0.480 e. The van der Waals surface area contributed by atoms with E-state index in [9.17, 15) is 19.5 Å². The summed E-state index contributed by atoms with van der Waals surface area (Å²) in [5, 5.41) is 10.2. The molecular weight excluding hydrogens is 444 g/mol. The number of ether oxygens (including phenoxy) is 1. The van der Waals surface area contributed by atoms with Gasteiger partial charge in [0.2, 0.25) is 5.91 Å². The Hall–Kier alpha value is -4.13. The minimum Gasteiger partial charge on any atom is -0.480 e. The minimum absolute atomic E-state index is 0.145. The molecule has 3 aromatic rings. The topological polar surface area (TPSA) is 87.2 Å². The number of carboxylic acid groups (broad SMARTS) is 1. The minimum atomic E-state index is -1.15. The van der Waals surface area contributed by atoms with Crippen LogP contribution in [0.2, 0.25) is 0 Å². The first-order valence-corrected chi connectivity index (χ1v) is 11.7. The molecule has 2 amide bonds. The van der Waals surface area contributed by atoms with Gasteiger partial charge in [-0.2, -0.15) is 0 Å². The SMILES string of the molecule is O=C(O)[C@@H]1[C@H]2CC[C@@H](CN1C(=O)C(c1ccccc1)c1ccccc1)N2C(=O)Oc1ccccc1. The predicted molar refractivity (Wildman–Crippen MR) is 129 cm³/mol. The molecule has 2 aliphatic rings. The molecule has 7 nitrogen and oxygen atoms in total. The fourth-order valence-corrected chi connectivity index (χ4v) is 5.34. The Balaban J connectivity index is 1.46. The molecule has 2 saturated heterocycles. The molecule has 0 spiro atoms. The maximum atomic E-state index is 14.0. The number of rotatable bonds is 5. The first-order valence-electron chi connectivity index (χ1n) is 11.7. The van der Waals surface area contributed by atoms with Crippen LogP contribution in [0.5, 0.6) is 5.75 Å². The Labute approximate surface area is 203 Å². The van der Waals surface area contributed by atoms with Crippen molar-refractivity contribution in [2.75, 3.05) is 6.54 Å². The average molecular weight is 471 g/mol. The third-order valence-corrected chi connectivity index (χ3v) is 6.86. The summed E-state index contributed by atoms with van der Waals surface area (Å²) >= 11 is 0. The number of carboxylic acids is 1. The van der Waals surface area contributed by atoms with Crippen LogP contribution in [0.1, 0.15) is 29.9 Å². The number of para-hydroxylation sites is 1. The monoisotopic (exact) mass is 470 g/mol. The zero-order valence-corrected chi connectivity index (χ0v) is 19.1. The fraction of sp³-hybridized carbons (Fsp3) is 0.250. The zero-order valence-electron chi connectivity index (χ0n) is 19.1. The van der Waals surface area contributed by atoms with Gasteiger partial charge in [-0.25, -0.2) is 9.59 Å². The molecule has 0 unspecified atom stereocenters. The second-order valence-corrected chi connectivity index (χ2v) is 8.91. The van der Waals surface area contributed by atoms with E-state index in [1.807, 2.05) is 66.7 Å². The van der Waals surface area contributed by atoms with Gasteiger partial charge in [0.15, 0.2) is 0 Å². The van der Waals surface area contributed by atoms with Crippen LogP contribution in [0.3, 0.4) is 0 Å². The molecule has 2 heterocycles. The number of carbonyl (C=O) groups is 3. The number of likely N-dealkylation sites (tertiary alicyclic amines) is 1. The van der Waals surface area contributed by atoms with Crippen LogP contribution in [-0.4, -0.2) is 57.5 Å². The Morgan fingerprint density at radius 2 is 1.34 bits per heavy atom. The molecule has 0 aromatic heterocycles. The third kappa shape index (κ3) is 4.37. The van der Waals surface area contributed by atoms with Crippen LogP contribution in [0.25, 0.3) is 0 Å². The maximum absolute atomic E-state index is 14.0. The Morgan fingerprint density at radius 3 is 1.89 bits per heavy atom. The highest BCUT2D eigenvalue weighted by atomic mass is 16.6. The van der Waals surface area contributed by atoms with Gasteiger partial charge in [0.05, 0.1) is 18.0 Å². The van der Waals surface area contributed by atoms with Crippen molar-refractivity contribution < 1.29 is 24.2 Å². The number of amides is 2. The van der Waals surface area contributed by atoms with Crippen molar-refractivity contribution in [2.24, 2.45) is 0 Å². The summed E-state index contributed by atoms with van der Waals surface area (Å²) in [7, 11) is 0. The Kier molecular flexibility index (Phi) is 6.23. The first-order chi connectivity index (χ1) is 17.0. The molecule has 2 fully saturated rings. The van der Waals surface area contributed by atoms with Crippen molar-refractivity contribution in [1.82, 2.24) is 9.80 Å². The smallest absolute Gasteiger partial charge is 0.415 e. The van der Waals surface area contributed by atoms with Crippen LogP contribution in [0, 0.1) is 0 Å². The number of hydrogen-bond acceptors (Lipinski definition) is 4. The second-order valence-electron chi connectivity index (χ2n) is 8.91. The van der Waals surface area contributed by atoms with Crippen LogP contribution < -0.4 is 4.74 Å². The van der Waals surface area contributed by atoms with Crippen molar-refractivity contribution in [1.29, 1.82) is 0 Å². The number of fused-ring (bicyclic) bond motifs is 2. The van der Waals surface area contributed by atoms with Crippen molar-refractivity contribution in [3.05, 3.63) is 102 Å². The van der Waals surface area contributed by atoms with E-state index in [-0.39, 0.29) is 18.5 Å². The highest BCUT2D eigenvalue weighted by Crippen LogP contribution is 2.38. The second kappa shape index (κ2) is 9.62. The molecule has 0 radical (unpaired) electrons. The van der Waals surface area contributed by atoms with E-state index in [1.165, 1.54) is 9.80 Å². The lowest BCUT2D eigenvalue weighted by Gasteiger charge is -2.45. The van der Waals surface area contributed by atoms with Crippen LogP contribution >= 0.6 is 0 Å². The number of piperazine rings is 1. The van der Waals surface area contributed by atoms with Crippen molar-refractivity contribution in [3.8, 4) is 5.75 Å². The van der Waals surface area contributed by atoms with Crippen molar-refractivity contribution in [3.63, 3.8) is 0 Å². The molecule has 1 N–H and O–H groups in total. The summed E-state index contributed by atoms with van der Waals surface area (Å²) in [5.74, 6) is -1.64. The first kappa shape index (κ1) is 22.7. The van der Waals surface area contributed by atoms with Crippen molar-refractivity contribution in [2.45, 2.75) is 36.9 Å². The summed E-state index contributed by atoms with van der Waals surface area (Å²) in [6.07, 6.45) is 0.532. The van der Waals surface area contributed by atoms with Gasteiger partial charge in [-0.1, -0.05) is 78.9 Å². The van der Waals surface area contributed by atoms with Crippen LogP contribution in [-0.2, 0) is 9.59 Å². The molecule has 2 bridgehead atoms. The molecule has 3 aromatic carbocycles. The van der Waals surface area contributed by atoms with Gasteiger partial charge in [0.1, 0.15) is 11.8 Å². The Morgan fingerprint density at radius 1 is 0.800 bits per heavy atom. The average Bonchev–Trinajstić information content (AvgIpc) is 3.18. The van der Waals surface area contributed by atoms with Gasteiger partial charge >= 0.3 is 12.1 Å². The summed E-state index contributed by atoms with van der Waals surface area (Å²) in [5.41, 5.74) is 1.59. The molecule has 7 heteroatoms. The highest BCUT2D eigenvalue weighted by Gasteiger charge is 2.54. The van der Waals surface area contributed by atoms with E-state index in [1.54, 1.807) is 24.3 Å². The molecule has 2 aliphatic heterocycles. The zero-order chi connectivity index (χ0) is 24.4. The van der Waals surface area contributed by atoms with Gasteiger partial charge in [-0.15, -0.1) is 0 Å². The number of aliphatic carboxylic acids is 1. The van der Waals surface area contributed by atoms with E-state index < -0.39 is 30.1 Å². The van der Waals surface area contributed by atoms with E-state index in [0.29, 0.717) is 18.6 Å². The third-order valence-electron chi connectivity index (χ3n) is 6.86. The fourth-order valence-electron chi connectivity index (χ4n) is 5.34. The summed E-state index contributed by atoms with van der Waals surface area (Å²) < 4.78 is 5.54. The van der Waals surface area contributed by atoms with Gasteiger partial charge in [0, 0.05) is 6.54 Å². The van der Waals surface area contributed by atoms with Crippen molar-refractivity contribution >= 4 is 18.0 Å². The lowest BCUT2D eigenvalue weighted by Crippen LogP contribution is -2.65. The standard InChI is InChI=1S/C28H26N2O5/c31-26(24(19-10-4-1-5-11-19)20-12-6-2-7-13-20)29-18-21-16-17-23(25(29)27(32)33)30(21)28(34)35-22-14-8-3-9-15-22/h1-15,21,23-25H,16-18H2,(H,32,33)/t21-,23+,25-/m0/s1. The van der Waals surface area contributed by atoms with Gasteiger partial charge in [-0.3, -0.25) is 9.69 Å². The molecule has 35 heavy (non-hydrogen) atoms. The molecular formula is C28H26N2O5. The van der Waals surface area contributed by atoms with E-state index in [2.05, 4.69) is 0 Å². The summed E-state index contributed by atoms with van der Waals surface area (Å²) in [4.78, 5) is 42.6. The molecule has 178 valence electrons. The summed E-state index contributed by atoms with van der Waals surface area (Å²) in [6.45, 7) is 0.145. The lowest BCUT2D eigenvalue weighted by molar-refractivity contribution is -0.156. The summed E-state index contributed by atoms with van der Waals surface area (Å²) in [6, 6.07) is 25.4. The molecule has 5 rings (SSSR count). The number of carbonyl (C=O) groups excluding carboxylic acids is 2. The van der Waals surface area contributed by atoms with Gasteiger partial charge in [-0.05, 0) is 36.1 Å². The number of benzene rings is 3.